The van der Waals surface area contributed by atoms with Crippen molar-refractivity contribution in [3.05, 3.63) is 95.7 Å². The molecular formula is C25H22N2O3. The van der Waals surface area contributed by atoms with Crippen LogP contribution in [-0.2, 0) is 11.3 Å². The molecule has 0 unspecified atom stereocenters. The molecular weight excluding hydrogens is 376 g/mol. The molecule has 0 saturated heterocycles. The highest BCUT2D eigenvalue weighted by atomic mass is 16.7. The highest BCUT2D eigenvalue weighted by Crippen LogP contribution is 2.44. The van der Waals surface area contributed by atoms with Crippen molar-refractivity contribution in [2.45, 2.75) is 18.9 Å². The van der Waals surface area contributed by atoms with Gasteiger partial charge in [-0.3, -0.25) is 4.79 Å². The first-order chi connectivity index (χ1) is 14.8. The molecule has 0 saturated carbocycles. The van der Waals surface area contributed by atoms with E-state index in [4.69, 9.17) is 9.47 Å². The lowest BCUT2D eigenvalue weighted by atomic mass is 9.87. The number of carbonyl (C=O) groups excluding carboxylic acids is 1. The Hall–Kier alpha value is -3.73. The van der Waals surface area contributed by atoms with Crippen LogP contribution >= 0.6 is 0 Å². The second-order valence-corrected chi connectivity index (χ2v) is 7.39. The third-order valence-electron chi connectivity index (χ3n) is 5.52. The first-order valence-electron chi connectivity index (χ1n) is 10.0. The number of carbonyl (C=O) groups is 1. The minimum absolute atomic E-state index is 0.00866. The van der Waals surface area contributed by atoms with Gasteiger partial charge in [-0.2, -0.15) is 0 Å². The number of amides is 1. The third-order valence-corrected chi connectivity index (χ3v) is 5.52. The van der Waals surface area contributed by atoms with Gasteiger partial charge in [-0.05, 0) is 23.3 Å². The summed E-state index contributed by atoms with van der Waals surface area (Å²) in [5.41, 5.74) is 4.16. The fourth-order valence-electron chi connectivity index (χ4n) is 4.05. The molecule has 1 aliphatic heterocycles. The summed E-state index contributed by atoms with van der Waals surface area (Å²) in [5.74, 6) is 1.28. The number of benzene rings is 3. The highest BCUT2D eigenvalue weighted by Gasteiger charge is 2.28. The molecule has 1 atom stereocenters. The summed E-state index contributed by atoms with van der Waals surface area (Å²) >= 11 is 0. The SMILES string of the molecule is O=C(C[C@H](c1cccc2c1OCO2)c1c[nH]c2ccccc12)NCc1ccccc1. The molecule has 1 amide bonds. The van der Waals surface area contributed by atoms with Crippen molar-refractivity contribution >= 4 is 16.8 Å². The molecule has 2 heterocycles. The lowest BCUT2D eigenvalue weighted by molar-refractivity contribution is -0.121. The Morgan fingerprint density at radius 1 is 0.933 bits per heavy atom. The molecule has 3 aromatic carbocycles. The number of aromatic amines is 1. The Balaban J connectivity index is 1.48. The van der Waals surface area contributed by atoms with Crippen LogP contribution in [-0.4, -0.2) is 17.7 Å². The lowest BCUT2D eigenvalue weighted by Gasteiger charge is -2.19. The van der Waals surface area contributed by atoms with E-state index in [1.54, 1.807) is 0 Å². The van der Waals surface area contributed by atoms with Crippen molar-refractivity contribution < 1.29 is 14.3 Å². The van der Waals surface area contributed by atoms with Gasteiger partial charge in [-0.1, -0.05) is 60.7 Å². The molecule has 30 heavy (non-hydrogen) atoms. The van der Waals surface area contributed by atoms with E-state index in [-0.39, 0.29) is 18.6 Å². The van der Waals surface area contributed by atoms with E-state index in [1.165, 1.54) is 0 Å². The third kappa shape index (κ3) is 3.50. The maximum atomic E-state index is 12.9. The van der Waals surface area contributed by atoms with Gasteiger partial charge in [-0.25, -0.2) is 0 Å². The summed E-state index contributed by atoms with van der Waals surface area (Å²) in [6.45, 7) is 0.708. The Morgan fingerprint density at radius 3 is 2.67 bits per heavy atom. The highest BCUT2D eigenvalue weighted by molar-refractivity contribution is 5.86. The molecule has 4 aromatic rings. The van der Waals surface area contributed by atoms with Crippen LogP contribution in [0.3, 0.4) is 0 Å². The Kier molecular flexibility index (Phi) is 4.85. The predicted molar refractivity (Wildman–Crippen MR) is 116 cm³/mol. The van der Waals surface area contributed by atoms with E-state index in [0.29, 0.717) is 13.0 Å². The standard InChI is InChI=1S/C25H22N2O3/c28-24(27-14-17-7-2-1-3-8-17)13-20(19-10-6-12-23-25(19)30-16-29-23)21-15-26-22-11-5-4-9-18(21)22/h1-12,15,20,26H,13-14,16H2,(H,27,28)/t20-/m1/s1. The zero-order chi connectivity index (χ0) is 20.3. The number of hydrogen-bond donors (Lipinski definition) is 2. The van der Waals surface area contributed by atoms with Crippen LogP contribution in [0.5, 0.6) is 11.5 Å². The van der Waals surface area contributed by atoms with Crippen molar-refractivity contribution in [3.8, 4) is 11.5 Å². The average Bonchev–Trinajstić information content (AvgIpc) is 3.44. The van der Waals surface area contributed by atoms with E-state index >= 15 is 0 Å². The summed E-state index contributed by atoms with van der Waals surface area (Å²) in [7, 11) is 0. The van der Waals surface area contributed by atoms with Crippen LogP contribution in [0.15, 0.2) is 79.0 Å². The summed E-state index contributed by atoms with van der Waals surface area (Å²) < 4.78 is 11.3. The number of nitrogens with one attached hydrogen (secondary N) is 2. The van der Waals surface area contributed by atoms with Gasteiger partial charge in [0.25, 0.3) is 0 Å². The second kappa shape index (κ2) is 7.95. The van der Waals surface area contributed by atoms with Gasteiger partial charge in [-0.15, -0.1) is 0 Å². The van der Waals surface area contributed by atoms with E-state index in [2.05, 4.69) is 16.4 Å². The largest absolute Gasteiger partial charge is 0.454 e. The van der Waals surface area contributed by atoms with Gasteiger partial charge >= 0.3 is 0 Å². The van der Waals surface area contributed by atoms with Crippen LogP contribution < -0.4 is 14.8 Å². The van der Waals surface area contributed by atoms with Crippen LogP contribution in [0.2, 0.25) is 0 Å². The number of H-pyrrole nitrogens is 1. The smallest absolute Gasteiger partial charge is 0.231 e. The fraction of sp³-hybridized carbons (Fsp3) is 0.160. The molecule has 1 aliphatic rings. The number of hydrogen-bond acceptors (Lipinski definition) is 3. The summed E-state index contributed by atoms with van der Waals surface area (Å²) in [4.78, 5) is 16.3. The molecule has 2 N–H and O–H groups in total. The molecule has 150 valence electrons. The second-order valence-electron chi connectivity index (χ2n) is 7.39. The van der Waals surface area contributed by atoms with E-state index in [1.807, 2.05) is 72.9 Å². The maximum absolute atomic E-state index is 12.9. The molecule has 1 aromatic heterocycles. The minimum atomic E-state index is -0.159. The van der Waals surface area contributed by atoms with Gasteiger partial charge in [0.15, 0.2) is 11.5 Å². The van der Waals surface area contributed by atoms with E-state index < -0.39 is 0 Å². The van der Waals surface area contributed by atoms with E-state index in [0.717, 1.165) is 39.1 Å². The zero-order valence-electron chi connectivity index (χ0n) is 16.4. The van der Waals surface area contributed by atoms with Crippen molar-refractivity contribution in [1.29, 1.82) is 0 Å². The van der Waals surface area contributed by atoms with E-state index in [9.17, 15) is 4.79 Å². The first-order valence-corrected chi connectivity index (χ1v) is 10.0. The first kappa shape index (κ1) is 18.3. The van der Waals surface area contributed by atoms with Crippen molar-refractivity contribution in [1.82, 2.24) is 10.3 Å². The van der Waals surface area contributed by atoms with Crippen LogP contribution in [0.25, 0.3) is 10.9 Å². The summed E-state index contributed by atoms with van der Waals surface area (Å²) in [5, 5.41) is 4.16. The molecule has 0 radical (unpaired) electrons. The van der Waals surface area contributed by atoms with Gasteiger partial charge in [0.2, 0.25) is 12.7 Å². The maximum Gasteiger partial charge on any atom is 0.231 e. The quantitative estimate of drug-likeness (QED) is 0.493. The Morgan fingerprint density at radius 2 is 1.77 bits per heavy atom. The number of fused-ring (bicyclic) bond motifs is 2. The summed E-state index contributed by atoms with van der Waals surface area (Å²) in [6, 6.07) is 23.9. The molecule has 5 heteroatoms. The summed E-state index contributed by atoms with van der Waals surface area (Å²) in [6.07, 6.45) is 2.31. The number of para-hydroxylation sites is 2. The molecule has 0 aliphatic carbocycles. The number of aromatic nitrogens is 1. The van der Waals surface area contributed by atoms with Crippen LogP contribution in [0, 0.1) is 0 Å². The van der Waals surface area contributed by atoms with Gasteiger partial charge < -0.3 is 19.8 Å². The van der Waals surface area contributed by atoms with Crippen LogP contribution in [0.4, 0.5) is 0 Å². The number of ether oxygens (including phenoxy) is 2. The van der Waals surface area contributed by atoms with Crippen molar-refractivity contribution in [2.75, 3.05) is 6.79 Å². The molecule has 0 bridgehead atoms. The Bertz CT molecular complexity index is 1180. The van der Waals surface area contributed by atoms with Crippen LogP contribution in [0.1, 0.15) is 29.0 Å². The molecule has 0 fully saturated rings. The van der Waals surface area contributed by atoms with Crippen molar-refractivity contribution in [3.63, 3.8) is 0 Å². The van der Waals surface area contributed by atoms with Gasteiger partial charge in [0.1, 0.15) is 0 Å². The topological polar surface area (TPSA) is 63.4 Å². The zero-order valence-corrected chi connectivity index (χ0v) is 16.4. The molecule has 5 rings (SSSR count). The monoisotopic (exact) mass is 398 g/mol. The van der Waals surface area contributed by atoms with Gasteiger partial charge in [0, 0.05) is 41.5 Å². The lowest BCUT2D eigenvalue weighted by Crippen LogP contribution is -2.25. The average molecular weight is 398 g/mol. The molecule has 5 nitrogen and oxygen atoms in total. The predicted octanol–water partition coefficient (Wildman–Crippen LogP) is 4.74. The fourth-order valence-corrected chi connectivity index (χ4v) is 4.05. The minimum Gasteiger partial charge on any atom is -0.454 e. The molecule has 0 spiro atoms. The Labute approximate surface area is 174 Å². The van der Waals surface area contributed by atoms with Crippen molar-refractivity contribution in [2.24, 2.45) is 0 Å². The number of rotatable bonds is 6. The van der Waals surface area contributed by atoms with Gasteiger partial charge in [0.05, 0.1) is 0 Å². The normalized spacial score (nSPS) is 13.3.